The highest BCUT2D eigenvalue weighted by Gasteiger charge is 2.33. The Morgan fingerprint density at radius 3 is 2.58 bits per heavy atom. The first-order valence-corrected chi connectivity index (χ1v) is 4.69. The van der Waals surface area contributed by atoms with Crippen molar-refractivity contribution in [3.05, 3.63) is 0 Å². The van der Waals surface area contributed by atoms with Gasteiger partial charge in [-0.1, -0.05) is 5.92 Å². The molecule has 0 aromatic heterocycles. The first-order valence-electron chi connectivity index (χ1n) is 4.69. The minimum Gasteiger partial charge on any atom is -0.365 e. The van der Waals surface area contributed by atoms with Gasteiger partial charge in [0.25, 0.3) is 0 Å². The molecule has 66 valence electrons. The van der Waals surface area contributed by atoms with E-state index in [1.807, 2.05) is 0 Å². The summed E-state index contributed by atoms with van der Waals surface area (Å²) in [6, 6.07) is 1.40. The number of fused-ring (bicyclic) bond motifs is 2. The Bertz CT molecular complexity index is 185. The van der Waals surface area contributed by atoms with Crippen LogP contribution in [-0.4, -0.2) is 24.8 Å². The standard InChI is InChI=1S/C10H15NO/c1-2-5-12-10-6-8-3-4-9(7-10)11-8/h1,8-11H,3-7H2. The summed E-state index contributed by atoms with van der Waals surface area (Å²) in [7, 11) is 0. The molecule has 2 saturated heterocycles. The van der Waals surface area contributed by atoms with Gasteiger partial charge in [-0.05, 0) is 25.7 Å². The van der Waals surface area contributed by atoms with Crippen LogP contribution in [-0.2, 0) is 4.74 Å². The summed E-state index contributed by atoms with van der Waals surface area (Å²) in [5.74, 6) is 2.52. The molecule has 0 aromatic carbocycles. The van der Waals surface area contributed by atoms with Crippen molar-refractivity contribution in [2.24, 2.45) is 0 Å². The van der Waals surface area contributed by atoms with E-state index in [1.54, 1.807) is 0 Å². The third kappa shape index (κ3) is 1.63. The van der Waals surface area contributed by atoms with Crippen molar-refractivity contribution in [3.8, 4) is 12.3 Å². The van der Waals surface area contributed by atoms with Crippen LogP contribution in [0, 0.1) is 12.3 Å². The van der Waals surface area contributed by atoms with Gasteiger partial charge in [-0.2, -0.15) is 0 Å². The average molecular weight is 165 g/mol. The lowest BCUT2D eigenvalue weighted by Gasteiger charge is -2.28. The zero-order valence-electron chi connectivity index (χ0n) is 7.25. The summed E-state index contributed by atoms with van der Waals surface area (Å²) in [5, 5.41) is 3.57. The minimum atomic E-state index is 0.416. The van der Waals surface area contributed by atoms with Crippen molar-refractivity contribution >= 4 is 0 Å². The number of rotatable bonds is 2. The van der Waals surface area contributed by atoms with Crippen LogP contribution < -0.4 is 5.32 Å². The predicted octanol–water partition coefficient (Wildman–Crippen LogP) is 0.919. The van der Waals surface area contributed by atoms with Gasteiger partial charge in [0, 0.05) is 12.1 Å². The van der Waals surface area contributed by atoms with Crippen molar-refractivity contribution in [3.63, 3.8) is 0 Å². The second-order valence-corrected chi connectivity index (χ2v) is 3.75. The largest absolute Gasteiger partial charge is 0.365 e. The third-order valence-electron chi connectivity index (χ3n) is 2.83. The molecular weight excluding hydrogens is 150 g/mol. The highest BCUT2D eigenvalue weighted by atomic mass is 16.5. The number of hydrogen-bond acceptors (Lipinski definition) is 2. The first-order chi connectivity index (χ1) is 5.88. The van der Waals surface area contributed by atoms with Crippen molar-refractivity contribution in [2.45, 2.75) is 43.9 Å². The van der Waals surface area contributed by atoms with Gasteiger partial charge in [0.1, 0.15) is 6.61 Å². The van der Waals surface area contributed by atoms with Gasteiger partial charge >= 0.3 is 0 Å². The quantitative estimate of drug-likeness (QED) is 0.614. The van der Waals surface area contributed by atoms with Crippen LogP contribution in [0.4, 0.5) is 0 Å². The Hall–Kier alpha value is -0.520. The first kappa shape index (κ1) is 8.10. The molecule has 2 nitrogen and oxygen atoms in total. The van der Waals surface area contributed by atoms with Crippen LogP contribution in [0.5, 0.6) is 0 Å². The molecule has 2 atom stereocenters. The number of nitrogens with one attached hydrogen (secondary N) is 1. The van der Waals surface area contributed by atoms with E-state index in [0.717, 1.165) is 12.8 Å². The molecule has 0 saturated carbocycles. The summed E-state index contributed by atoms with van der Waals surface area (Å²) in [6.45, 7) is 0.476. The maximum Gasteiger partial charge on any atom is 0.107 e. The molecule has 2 heterocycles. The van der Waals surface area contributed by atoms with E-state index >= 15 is 0 Å². The van der Waals surface area contributed by atoms with Gasteiger partial charge in [-0.25, -0.2) is 0 Å². The Balaban J connectivity index is 1.82. The second kappa shape index (κ2) is 3.47. The Kier molecular flexibility index (Phi) is 2.34. The van der Waals surface area contributed by atoms with Gasteiger partial charge in [-0.15, -0.1) is 6.42 Å². The highest BCUT2D eigenvalue weighted by molar-refractivity contribution is 4.93. The predicted molar refractivity (Wildman–Crippen MR) is 47.8 cm³/mol. The average Bonchev–Trinajstić information content (AvgIpc) is 2.42. The van der Waals surface area contributed by atoms with Crippen LogP contribution in [0.2, 0.25) is 0 Å². The topological polar surface area (TPSA) is 21.3 Å². The van der Waals surface area contributed by atoms with Gasteiger partial charge in [0.2, 0.25) is 0 Å². The number of ether oxygens (including phenoxy) is 1. The van der Waals surface area contributed by atoms with Crippen LogP contribution in [0.15, 0.2) is 0 Å². The summed E-state index contributed by atoms with van der Waals surface area (Å²) < 4.78 is 5.54. The molecule has 2 aliphatic rings. The number of piperidine rings is 1. The minimum absolute atomic E-state index is 0.416. The zero-order chi connectivity index (χ0) is 8.39. The van der Waals surface area contributed by atoms with E-state index in [1.165, 1.54) is 12.8 Å². The fraction of sp³-hybridized carbons (Fsp3) is 0.800. The van der Waals surface area contributed by atoms with E-state index in [4.69, 9.17) is 11.2 Å². The molecule has 2 fully saturated rings. The zero-order valence-corrected chi connectivity index (χ0v) is 7.25. The molecule has 2 rings (SSSR count). The Morgan fingerprint density at radius 2 is 2.00 bits per heavy atom. The molecule has 0 spiro atoms. The molecule has 0 radical (unpaired) electrons. The maximum absolute atomic E-state index is 5.54. The fourth-order valence-electron chi connectivity index (χ4n) is 2.31. The third-order valence-corrected chi connectivity index (χ3v) is 2.83. The van der Waals surface area contributed by atoms with E-state index < -0.39 is 0 Å². The van der Waals surface area contributed by atoms with Crippen molar-refractivity contribution in [1.82, 2.24) is 5.32 Å². The van der Waals surface area contributed by atoms with Gasteiger partial charge in [0.15, 0.2) is 0 Å². The monoisotopic (exact) mass is 165 g/mol. The van der Waals surface area contributed by atoms with Crippen LogP contribution in [0.1, 0.15) is 25.7 Å². The van der Waals surface area contributed by atoms with Crippen LogP contribution >= 0.6 is 0 Å². The lowest BCUT2D eigenvalue weighted by Crippen LogP contribution is -2.41. The van der Waals surface area contributed by atoms with E-state index in [-0.39, 0.29) is 0 Å². The van der Waals surface area contributed by atoms with E-state index in [2.05, 4.69) is 11.2 Å². The van der Waals surface area contributed by atoms with E-state index in [0.29, 0.717) is 24.8 Å². The normalized spacial score (nSPS) is 39.4. The molecule has 2 aliphatic heterocycles. The fourth-order valence-corrected chi connectivity index (χ4v) is 2.31. The molecule has 12 heavy (non-hydrogen) atoms. The molecule has 2 heteroatoms. The molecule has 2 unspecified atom stereocenters. The molecule has 0 aromatic rings. The number of hydrogen-bond donors (Lipinski definition) is 1. The molecule has 2 bridgehead atoms. The molecule has 1 N–H and O–H groups in total. The van der Waals surface area contributed by atoms with Crippen molar-refractivity contribution < 1.29 is 4.74 Å². The van der Waals surface area contributed by atoms with Crippen LogP contribution in [0.25, 0.3) is 0 Å². The summed E-state index contributed by atoms with van der Waals surface area (Å²) in [5.41, 5.74) is 0. The maximum atomic E-state index is 5.54. The second-order valence-electron chi connectivity index (χ2n) is 3.75. The SMILES string of the molecule is C#CCOC1CC2CCC(C1)N2. The van der Waals surface area contributed by atoms with Crippen molar-refractivity contribution in [1.29, 1.82) is 0 Å². The van der Waals surface area contributed by atoms with Gasteiger partial charge in [0.05, 0.1) is 6.10 Å². The van der Waals surface area contributed by atoms with Gasteiger partial charge < -0.3 is 10.1 Å². The smallest absolute Gasteiger partial charge is 0.107 e. The lowest BCUT2D eigenvalue weighted by molar-refractivity contribution is 0.0403. The molecule has 0 aliphatic carbocycles. The Labute approximate surface area is 73.7 Å². The van der Waals surface area contributed by atoms with Crippen molar-refractivity contribution in [2.75, 3.05) is 6.61 Å². The summed E-state index contributed by atoms with van der Waals surface area (Å²) in [6.07, 6.45) is 10.5. The Morgan fingerprint density at radius 1 is 1.33 bits per heavy atom. The lowest BCUT2D eigenvalue weighted by atomic mass is 10.0. The van der Waals surface area contributed by atoms with E-state index in [9.17, 15) is 0 Å². The van der Waals surface area contributed by atoms with Gasteiger partial charge in [-0.3, -0.25) is 0 Å². The number of terminal acetylenes is 1. The summed E-state index contributed by atoms with van der Waals surface area (Å²) in [4.78, 5) is 0. The molecular formula is C10H15NO. The van der Waals surface area contributed by atoms with Crippen LogP contribution in [0.3, 0.4) is 0 Å². The summed E-state index contributed by atoms with van der Waals surface area (Å²) >= 11 is 0. The molecule has 0 amide bonds. The highest BCUT2D eigenvalue weighted by Crippen LogP contribution is 2.28.